The molecule has 44 heavy (non-hydrogen) atoms. The van der Waals surface area contributed by atoms with Crippen LogP contribution in [-0.2, 0) is 14.3 Å². The number of aliphatic carboxylic acids is 1. The third-order valence-corrected chi connectivity index (χ3v) is 12.8. The zero-order valence-corrected chi connectivity index (χ0v) is 31.5. The molecule has 0 spiro atoms. The first kappa shape index (κ1) is 42.2. The maximum absolute atomic E-state index is 14.3. The van der Waals surface area contributed by atoms with Gasteiger partial charge in [0.1, 0.15) is 5.60 Å². The van der Waals surface area contributed by atoms with Crippen molar-refractivity contribution in [2.45, 2.75) is 192 Å². The Morgan fingerprint density at radius 3 is 1.34 bits per heavy atom. The first-order chi connectivity index (χ1) is 20.5. The maximum Gasteiger partial charge on any atom is 0.312 e. The summed E-state index contributed by atoms with van der Waals surface area (Å²) in [6.45, 7) is 32.5. The molecule has 256 valence electrons. The molecule has 0 saturated carbocycles. The number of carboxylic acid groups (broad SMARTS) is 1. The molecule has 0 aromatic carbocycles. The predicted molar refractivity (Wildman–Crippen MR) is 189 cm³/mol. The summed E-state index contributed by atoms with van der Waals surface area (Å²) in [6.07, 6.45) is 11.6. The molecule has 0 amide bonds. The molecule has 1 N–H and O–H groups in total. The van der Waals surface area contributed by atoms with Gasteiger partial charge < -0.3 is 9.84 Å². The zero-order chi connectivity index (χ0) is 34.5. The van der Waals surface area contributed by atoms with Crippen LogP contribution >= 0.6 is 0 Å². The fourth-order valence-electron chi connectivity index (χ4n) is 7.40. The molecule has 0 unspecified atom stereocenters. The van der Waals surface area contributed by atoms with Crippen LogP contribution in [0.3, 0.4) is 0 Å². The second-order valence-corrected chi connectivity index (χ2v) is 14.3. The minimum Gasteiger partial charge on any atom is -0.481 e. The van der Waals surface area contributed by atoms with E-state index < -0.39 is 27.8 Å². The molecule has 4 heteroatoms. The molecule has 0 aromatic rings. The van der Waals surface area contributed by atoms with Crippen molar-refractivity contribution in [2.24, 2.45) is 27.1 Å². The lowest BCUT2D eigenvalue weighted by atomic mass is 9.65. The van der Waals surface area contributed by atoms with E-state index >= 15 is 0 Å². The smallest absolute Gasteiger partial charge is 0.312 e. The molecule has 4 nitrogen and oxygen atoms in total. The van der Waals surface area contributed by atoms with Gasteiger partial charge in [-0.05, 0) is 88.9 Å². The van der Waals surface area contributed by atoms with Crippen LogP contribution in [-0.4, -0.2) is 22.6 Å². The van der Waals surface area contributed by atoms with Gasteiger partial charge in [-0.25, -0.2) is 0 Å². The molecule has 0 heterocycles. The summed E-state index contributed by atoms with van der Waals surface area (Å²) in [7, 11) is 0. The van der Waals surface area contributed by atoms with Gasteiger partial charge in [0.05, 0.1) is 10.8 Å². The second kappa shape index (κ2) is 17.8. The summed E-state index contributed by atoms with van der Waals surface area (Å²) in [6, 6.07) is 0. The van der Waals surface area contributed by atoms with Crippen molar-refractivity contribution >= 4 is 11.9 Å². The van der Waals surface area contributed by atoms with E-state index in [1.807, 2.05) is 13.8 Å². The summed E-state index contributed by atoms with van der Waals surface area (Å²) in [5.41, 5.74) is -1.60. The monoisotopic (exact) mass is 617 g/mol. The summed E-state index contributed by atoms with van der Waals surface area (Å²) in [5.74, 6) is 6.36. The van der Waals surface area contributed by atoms with Crippen molar-refractivity contribution in [1.82, 2.24) is 0 Å². The number of hydrogen-bond donors (Lipinski definition) is 1. The van der Waals surface area contributed by atoms with Crippen LogP contribution < -0.4 is 0 Å². The zero-order valence-electron chi connectivity index (χ0n) is 31.5. The molecule has 0 aromatic heterocycles. The molecule has 0 aliphatic rings. The Morgan fingerprint density at radius 2 is 1.02 bits per heavy atom. The number of esters is 1. The summed E-state index contributed by atoms with van der Waals surface area (Å²) in [5, 5.41) is 10.2. The minimum absolute atomic E-state index is 0.0442. The van der Waals surface area contributed by atoms with Gasteiger partial charge in [0.25, 0.3) is 0 Å². The van der Waals surface area contributed by atoms with Crippen LogP contribution in [0.15, 0.2) is 12.2 Å². The Hall–Kier alpha value is -1.76. The van der Waals surface area contributed by atoms with E-state index in [-0.39, 0.29) is 16.8 Å². The van der Waals surface area contributed by atoms with E-state index in [1.165, 1.54) is 0 Å². The first-order valence-electron chi connectivity index (χ1n) is 18.2. The lowest BCUT2D eigenvalue weighted by Gasteiger charge is -2.45. The van der Waals surface area contributed by atoms with Gasteiger partial charge in [-0.3, -0.25) is 9.59 Å². The highest BCUT2D eigenvalue weighted by Crippen LogP contribution is 2.49. The van der Waals surface area contributed by atoms with Gasteiger partial charge in [0.2, 0.25) is 0 Å². The Labute approximate surface area is 274 Å². The van der Waals surface area contributed by atoms with E-state index in [0.717, 1.165) is 76.2 Å². The fourth-order valence-corrected chi connectivity index (χ4v) is 7.40. The van der Waals surface area contributed by atoms with Gasteiger partial charge >= 0.3 is 11.9 Å². The molecule has 0 fully saturated rings. The highest BCUT2D eigenvalue weighted by atomic mass is 16.6. The summed E-state index contributed by atoms with van der Waals surface area (Å²) >= 11 is 0. The van der Waals surface area contributed by atoms with E-state index in [9.17, 15) is 14.7 Å². The summed E-state index contributed by atoms with van der Waals surface area (Å²) < 4.78 is 6.74. The van der Waals surface area contributed by atoms with Crippen LogP contribution in [0.2, 0.25) is 0 Å². The third-order valence-electron chi connectivity index (χ3n) is 12.8. The molecule has 0 saturated heterocycles. The number of hydrogen-bond acceptors (Lipinski definition) is 3. The molecular weight excluding hydrogens is 544 g/mol. The normalized spacial score (nSPS) is 13.3. The topological polar surface area (TPSA) is 63.6 Å². The predicted octanol–water partition coefficient (Wildman–Crippen LogP) is 12.0. The van der Waals surface area contributed by atoms with Gasteiger partial charge in [-0.15, -0.1) is 0 Å². The Morgan fingerprint density at radius 1 is 0.591 bits per heavy atom. The van der Waals surface area contributed by atoms with Gasteiger partial charge in [-0.2, -0.15) is 0 Å². The third kappa shape index (κ3) is 9.39. The van der Waals surface area contributed by atoms with Crippen molar-refractivity contribution in [3.8, 4) is 11.8 Å². The number of carboxylic acids is 1. The number of carbonyl (C=O) groups is 2. The highest BCUT2D eigenvalue weighted by molar-refractivity contribution is 5.77. The number of allylic oxidation sites excluding steroid dienone is 1. The van der Waals surface area contributed by atoms with E-state index in [2.05, 4.69) is 94.6 Å². The van der Waals surface area contributed by atoms with Crippen molar-refractivity contribution in [2.75, 3.05) is 0 Å². The molecule has 0 atom stereocenters. The molecule has 0 bridgehead atoms. The largest absolute Gasteiger partial charge is 0.481 e. The Bertz CT molecular complexity index is 953. The maximum atomic E-state index is 14.3. The van der Waals surface area contributed by atoms with Crippen LogP contribution in [0, 0.1) is 38.9 Å². The quantitative estimate of drug-likeness (QED) is 0.0970. The lowest BCUT2D eigenvalue weighted by molar-refractivity contribution is -0.180. The highest BCUT2D eigenvalue weighted by Gasteiger charge is 2.48. The number of carbonyl (C=O) groups excluding carboxylic acids is 1. The van der Waals surface area contributed by atoms with Crippen LogP contribution in [0.25, 0.3) is 0 Å². The summed E-state index contributed by atoms with van der Waals surface area (Å²) in [4.78, 5) is 26.7. The second-order valence-electron chi connectivity index (χ2n) is 14.3. The first-order valence-corrected chi connectivity index (χ1v) is 18.2. The number of ether oxygens (including phenoxy) is 1. The molecule has 0 aliphatic heterocycles. The average molecular weight is 617 g/mol. The van der Waals surface area contributed by atoms with Crippen LogP contribution in [0.5, 0.6) is 0 Å². The van der Waals surface area contributed by atoms with Crippen molar-refractivity contribution in [3.05, 3.63) is 12.2 Å². The van der Waals surface area contributed by atoms with E-state index in [0.29, 0.717) is 25.7 Å². The van der Waals surface area contributed by atoms with Crippen molar-refractivity contribution in [3.63, 3.8) is 0 Å². The van der Waals surface area contributed by atoms with Gasteiger partial charge in [0, 0.05) is 16.4 Å². The Balaban J connectivity index is 6.72. The van der Waals surface area contributed by atoms with E-state index in [4.69, 9.17) is 4.74 Å². The SMILES string of the molecule is C=C(C#CC(CC)(CC)CC(CC)(CC)C(=O)O)C(CC)(CC)CC(CC)(CC)OC(=O)C(CC)(CC)CC(C)(CC)CC. The minimum atomic E-state index is -0.779. The molecular formula is C40H72O4. The van der Waals surface area contributed by atoms with Gasteiger partial charge in [0.15, 0.2) is 0 Å². The van der Waals surface area contributed by atoms with Crippen LogP contribution in [0.1, 0.15) is 186 Å². The van der Waals surface area contributed by atoms with Crippen molar-refractivity contribution in [1.29, 1.82) is 0 Å². The number of rotatable bonds is 22. The lowest BCUT2D eigenvalue weighted by Crippen LogP contribution is -2.46. The molecule has 0 rings (SSSR count). The van der Waals surface area contributed by atoms with Gasteiger partial charge in [-0.1, -0.05) is 121 Å². The standard InChI is InChI=1S/C40H72O4/c1-15-35(14,16-2)29-39(23-9,24-10)34(43)44-40(25-11,26-12)31-37(19-5,20-6)32(13)27-28-36(17-3,18-4)30-38(21-7,22-8)33(41)42/h13,15-26,29-31H2,1-12,14H3,(H,41,42). The van der Waals surface area contributed by atoms with Crippen molar-refractivity contribution < 1.29 is 19.4 Å². The Kier molecular flexibility index (Phi) is 17.1. The average Bonchev–Trinajstić information content (AvgIpc) is 3.05. The molecule has 0 radical (unpaired) electrons. The molecule has 0 aliphatic carbocycles. The van der Waals surface area contributed by atoms with Crippen LogP contribution in [0.4, 0.5) is 0 Å². The fraction of sp³-hybridized carbons (Fsp3) is 0.850. The van der Waals surface area contributed by atoms with E-state index in [1.54, 1.807) is 0 Å².